The molecular weight excluding hydrogens is 328 g/mol. The Morgan fingerprint density at radius 3 is 2.28 bits per heavy atom. The molecule has 0 amide bonds. The third-order valence-corrected chi connectivity index (χ3v) is 4.73. The lowest BCUT2D eigenvalue weighted by Gasteiger charge is -2.10. The molecule has 0 fully saturated rings. The van der Waals surface area contributed by atoms with Crippen molar-refractivity contribution in [2.24, 2.45) is 0 Å². The van der Waals surface area contributed by atoms with Crippen LogP contribution >= 0.6 is 11.6 Å². The molecule has 0 saturated carbocycles. The first-order valence-electron chi connectivity index (χ1n) is 8.52. The second kappa shape index (κ2) is 7.12. The zero-order chi connectivity index (χ0) is 17.1. The van der Waals surface area contributed by atoms with Crippen molar-refractivity contribution in [2.45, 2.75) is 19.4 Å². The Labute approximate surface area is 152 Å². The van der Waals surface area contributed by atoms with Crippen LogP contribution in [0.5, 0.6) is 0 Å². The molecule has 0 aliphatic carbocycles. The summed E-state index contributed by atoms with van der Waals surface area (Å²) in [7, 11) is 0. The van der Waals surface area contributed by atoms with Crippen LogP contribution in [0.3, 0.4) is 0 Å². The Hall–Kier alpha value is -2.58. The zero-order valence-corrected chi connectivity index (χ0v) is 14.7. The summed E-state index contributed by atoms with van der Waals surface area (Å²) in [5.41, 5.74) is 4.82. The van der Waals surface area contributed by atoms with Crippen LogP contribution in [0.25, 0.3) is 11.0 Å². The first kappa shape index (κ1) is 15.9. The van der Waals surface area contributed by atoms with E-state index in [2.05, 4.69) is 65.2 Å². The van der Waals surface area contributed by atoms with Gasteiger partial charge in [0.15, 0.2) is 0 Å². The molecular formula is C22H19ClN2. The van der Waals surface area contributed by atoms with Crippen LogP contribution in [0.4, 0.5) is 0 Å². The number of fused-ring (bicyclic) bond motifs is 1. The predicted octanol–water partition coefficient (Wildman–Crippen LogP) is 5.52. The minimum Gasteiger partial charge on any atom is -0.327 e. The molecule has 124 valence electrons. The molecule has 4 aromatic rings. The molecule has 2 nitrogen and oxygen atoms in total. The lowest BCUT2D eigenvalue weighted by atomic mass is 10.1. The molecule has 3 heteroatoms. The van der Waals surface area contributed by atoms with Crippen LogP contribution < -0.4 is 0 Å². The molecule has 25 heavy (non-hydrogen) atoms. The van der Waals surface area contributed by atoms with E-state index in [0.717, 1.165) is 35.8 Å². The number of imidazole rings is 1. The van der Waals surface area contributed by atoms with E-state index >= 15 is 0 Å². The summed E-state index contributed by atoms with van der Waals surface area (Å²) >= 11 is 6.01. The first-order chi connectivity index (χ1) is 12.3. The van der Waals surface area contributed by atoms with E-state index in [1.54, 1.807) is 0 Å². The molecule has 0 bridgehead atoms. The first-order valence-corrected chi connectivity index (χ1v) is 8.90. The second-order valence-electron chi connectivity index (χ2n) is 6.21. The molecule has 1 aromatic heterocycles. The van der Waals surface area contributed by atoms with E-state index in [0.29, 0.717) is 0 Å². The maximum Gasteiger partial charge on any atom is 0.114 e. The molecule has 0 N–H and O–H groups in total. The summed E-state index contributed by atoms with van der Waals surface area (Å²) in [4.78, 5) is 4.87. The number of halogens is 1. The number of aryl methyl sites for hydroxylation is 2. The zero-order valence-electron chi connectivity index (χ0n) is 13.9. The highest BCUT2D eigenvalue weighted by molar-refractivity contribution is 6.30. The van der Waals surface area contributed by atoms with E-state index in [4.69, 9.17) is 16.6 Å². The van der Waals surface area contributed by atoms with Gasteiger partial charge in [-0.15, -0.1) is 0 Å². The number of para-hydroxylation sites is 2. The van der Waals surface area contributed by atoms with Gasteiger partial charge in [-0.3, -0.25) is 0 Å². The van der Waals surface area contributed by atoms with E-state index in [1.165, 1.54) is 16.6 Å². The lowest BCUT2D eigenvalue weighted by Crippen LogP contribution is -2.07. The predicted molar refractivity (Wildman–Crippen MR) is 104 cm³/mol. The summed E-state index contributed by atoms with van der Waals surface area (Å²) in [6, 6.07) is 27.0. The van der Waals surface area contributed by atoms with Crippen LogP contribution in [-0.4, -0.2) is 9.55 Å². The minimum absolute atomic E-state index is 0.765. The number of benzene rings is 3. The van der Waals surface area contributed by atoms with Crippen molar-refractivity contribution in [3.05, 3.63) is 101 Å². The van der Waals surface area contributed by atoms with Gasteiger partial charge in [-0.25, -0.2) is 4.98 Å². The quantitative estimate of drug-likeness (QED) is 0.465. The fourth-order valence-corrected chi connectivity index (χ4v) is 3.31. The second-order valence-corrected chi connectivity index (χ2v) is 6.64. The topological polar surface area (TPSA) is 17.8 Å². The summed E-state index contributed by atoms with van der Waals surface area (Å²) < 4.78 is 2.34. The van der Waals surface area contributed by atoms with Gasteiger partial charge in [0.1, 0.15) is 5.82 Å². The van der Waals surface area contributed by atoms with Gasteiger partial charge in [0, 0.05) is 18.0 Å². The van der Waals surface area contributed by atoms with E-state index < -0.39 is 0 Å². The van der Waals surface area contributed by atoms with Crippen LogP contribution in [0.15, 0.2) is 78.9 Å². The molecule has 0 saturated heterocycles. The van der Waals surface area contributed by atoms with Gasteiger partial charge in [-0.1, -0.05) is 66.2 Å². The highest BCUT2D eigenvalue weighted by atomic mass is 35.5. The van der Waals surface area contributed by atoms with Crippen LogP contribution in [0.2, 0.25) is 5.02 Å². The van der Waals surface area contributed by atoms with Gasteiger partial charge in [0.05, 0.1) is 11.0 Å². The Bertz CT molecular complexity index is 972. The van der Waals surface area contributed by atoms with E-state index in [1.807, 2.05) is 18.2 Å². The van der Waals surface area contributed by atoms with Crippen molar-refractivity contribution in [3.8, 4) is 0 Å². The van der Waals surface area contributed by atoms with Crippen molar-refractivity contribution in [1.29, 1.82) is 0 Å². The Morgan fingerprint density at radius 1 is 0.760 bits per heavy atom. The third kappa shape index (κ3) is 3.59. The molecule has 0 atom stereocenters. The van der Waals surface area contributed by atoms with Crippen molar-refractivity contribution in [2.75, 3.05) is 0 Å². The molecule has 3 aromatic carbocycles. The van der Waals surface area contributed by atoms with Gasteiger partial charge in [0.25, 0.3) is 0 Å². The van der Waals surface area contributed by atoms with Crippen molar-refractivity contribution in [3.63, 3.8) is 0 Å². The van der Waals surface area contributed by atoms with E-state index in [-0.39, 0.29) is 0 Å². The highest BCUT2D eigenvalue weighted by Gasteiger charge is 2.11. The van der Waals surface area contributed by atoms with Crippen molar-refractivity contribution in [1.82, 2.24) is 9.55 Å². The van der Waals surface area contributed by atoms with Gasteiger partial charge in [-0.05, 0) is 41.8 Å². The number of hydrogen-bond donors (Lipinski definition) is 0. The maximum absolute atomic E-state index is 6.01. The average molecular weight is 347 g/mol. The fourth-order valence-electron chi connectivity index (χ4n) is 3.18. The smallest absolute Gasteiger partial charge is 0.114 e. The minimum atomic E-state index is 0.765. The fraction of sp³-hybridized carbons (Fsp3) is 0.136. The number of rotatable bonds is 5. The van der Waals surface area contributed by atoms with Gasteiger partial charge < -0.3 is 4.57 Å². The lowest BCUT2D eigenvalue weighted by molar-refractivity contribution is 0.679. The molecule has 4 rings (SSSR count). The van der Waals surface area contributed by atoms with Crippen LogP contribution in [0, 0.1) is 0 Å². The molecule has 0 aliphatic rings. The Morgan fingerprint density at radius 2 is 1.48 bits per heavy atom. The van der Waals surface area contributed by atoms with Crippen LogP contribution in [0.1, 0.15) is 17.0 Å². The normalized spacial score (nSPS) is 11.1. The summed E-state index contributed by atoms with van der Waals surface area (Å²) in [6.07, 6.45) is 1.80. The molecule has 0 radical (unpaired) electrons. The largest absolute Gasteiger partial charge is 0.327 e. The monoisotopic (exact) mass is 346 g/mol. The summed E-state index contributed by atoms with van der Waals surface area (Å²) in [5.74, 6) is 1.10. The number of aromatic nitrogens is 2. The Balaban J connectivity index is 1.66. The Kier molecular flexibility index (Phi) is 4.53. The van der Waals surface area contributed by atoms with Gasteiger partial charge in [-0.2, -0.15) is 0 Å². The molecule has 0 unspecified atom stereocenters. The summed E-state index contributed by atoms with van der Waals surface area (Å²) in [6.45, 7) is 0.924. The average Bonchev–Trinajstić information content (AvgIpc) is 3.00. The number of hydrogen-bond acceptors (Lipinski definition) is 1. The summed E-state index contributed by atoms with van der Waals surface area (Å²) in [5, 5.41) is 0.765. The van der Waals surface area contributed by atoms with Crippen molar-refractivity contribution >= 4 is 22.6 Å². The highest BCUT2D eigenvalue weighted by Crippen LogP contribution is 2.20. The number of nitrogens with zero attached hydrogens (tertiary/aromatic N) is 2. The maximum atomic E-state index is 6.01. The molecule has 0 aliphatic heterocycles. The van der Waals surface area contributed by atoms with Crippen LogP contribution in [-0.2, 0) is 19.4 Å². The molecule has 1 heterocycles. The van der Waals surface area contributed by atoms with Gasteiger partial charge in [0.2, 0.25) is 0 Å². The standard InChI is InChI=1S/C22H19ClN2/c23-19-12-10-18(11-13-19)16-22-24-20-8-4-5-9-21(20)25(22)15-14-17-6-2-1-3-7-17/h1-13H,14-16H2. The SMILES string of the molecule is Clc1ccc(Cc2nc3ccccc3n2CCc2ccccc2)cc1. The third-order valence-electron chi connectivity index (χ3n) is 4.48. The van der Waals surface area contributed by atoms with Gasteiger partial charge >= 0.3 is 0 Å². The van der Waals surface area contributed by atoms with Crippen molar-refractivity contribution < 1.29 is 0 Å². The van der Waals surface area contributed by atoms with E-state index in [9.17, 15) is 0 Å². The molecule has 0 spiro atoms.